The van der Waals surface area contributed by atoms with E-state index in [0.29, 0.717) is 11.5 Å². The van der Waals surface area contributed by atoms with E-state index in [4.69, 9.17) is 9.72 Å². The molecule has 0 N–H and O–H groups in total. The summed E-state index contributed by atoms with van der Waals surface area (Å²) in [4.78, 5) is 9.64. The summed E-state index contributed by atoms with van der Waals surface area (Å²) in [5.74, 6) is 2.09. The van der Waals surface area contributed by atoms with E-state index in [0.717, 1.165) is 39.0 Å². The van der Waals surface area contributed by atoms with Crippen LogP contribution in [0.2, 0.25) is 0 Å². The van der Waals surface area contributed by atoms with Gasteiger partial charge in [0.15, 0.2) is 0 Å². The molecule has 0 unspecified atom stereocenters. The maximum Gasteiger partial charge on any atom is 0.135 e. The second kappa shape index (κ2) is 16.5. The van der Waals surface area contributed by atoms with Crippen LogP contribution in [-0.2, 0) is 37.3 Å². The Kier molecular flexibility index (Phi) is 12.0. The molecule has 1 aliphatic rings. The van der Waals surface area contributed by atoms with Crippen molar-refractivity contribution in [2.45, 2.75) is 113 Å². The maximum absolute atomic E-state index is 6.71. The number of nitrogens with zero attached hydrogens (tertiary/aromatic N) is 4. The predicted octanol–water partition coefficient (Wildman–Crippen LogP) is 15.2. The van der Waals surface area contributed by atoms with Crippen LogP contribution in [0.15, 0.2) is 133 Å². The van der Waals surface area contributed by atoms with Crippen LogP contribution in [0.25, 0.3) is 27.6 Å². The molecule has 0 radical (unpaired) electrons. The van der Waals surface area contributed by atoms with Gasteiger partial charge < -0.3 is 19.1 Å². The third-order valence-corrected chi connectivity index (χ3v) is 12.3. The van der Waals surface area contributed by atoms with Gasteiger partial charge in [-0.25, -0.2) is 4.98 Å². The van der Waals surface area contributed by atoms with E-state index in [1.165, 1.54) is 33.6 Å². The Bertz CT molecular complexity index is 2820. The Balaban J connectivity index is 0.00000595. The first-order valence-corrected chi connectivity index (χ1v) is 22.0. The zero-order chi connectivity index (χ0) is 44.6. The van der Waals surface area contributed by atoms with Gasteiger partial charge in [0.25, 0.3) is 0 Å². The minimum atomic E-state index is -0.212. The van der Waals surface area contributed by atoms with Crippen molar-refractivity contribution in [1.82, 2.24) is 9.55 Å². The summed E-state index contributed by atoms with van der Waals surface area (Å²) in [6.45, 7) is 34.5. The normalized spacial score (nSPS) is 14.2. The standard InChI is InChI=1S/C57H63N4O.Pt/c1-53(2,3)39-29-30-58-50(34-39)61-48-26-19-18-25-46(48)47-28-27-45(36-49(47)61)62-44-24-20-23-42(35-44)59-37-60(52(56(10,11)12)51(59)55(7,8)9)43-32-40(54(4,5)6)31-41(33-43)57(13,14)38-21-16-15-17-22-38;/h15-34,37H,1-14H3;/q-3;. The van der Waals surface area contributed by atoms with Crippen molar-refractivity contribution in [2.24, 2.45) is 10.8 Å². The van der Waals surface area contributed by atoms with E-state index in [2.05, 4.69) is 233 Å². The topological polar surface area (TPSA) is 33.5 Å². The number of allylic oxidation sites excluding steroid dienone is 2. The second-order valence-electron chi connectivity index (χ2n) is 21.7. The van der Waals surface area contributed by atoms with Gasteiger partial charge in [-0.15, -0.1) is 48.1 Å². The number of para-hydroxylation sites is 1. The zero-order valence-corrected chi connectivity index (χ0v) is 41.9. The molecule has 0 saturated heterocycles. The molecule has 0 aliphatic carbocycles. The summed E-state index contributed by atoms with van der Waals surface area (Å²) in [7, 11) is 0. The molecular weight excluding hydrogens is 952 g/mol. The van der Waals surface area contributed by atoms with E-state index < -0.39 is 0 Å². The molecule has 0 saturated carbocycles. The van der Waals surface area contributed by atoms with E-state index in [-0.39, 0.29) is 48.1 Å². The van der Waals surface area contributed by atoms with E-state index in [1.54, 1.807) is 0 Å². The number of rotatable bonds is 7. The van der Waals surface area contributed by atoms with Crippen molar-refractivity contribution >= 4 is 33.2 Å². The summed E-state index contributed by atoms with van der Waals surface area (Å²) < 4.78 is 8.92. The molecule has 0 spiro atoms. The molecule has 330 valence electrons. The third-order valence-electron chi connectivity index (χ3n) is 12.3. The van der Waals surface area contributed by atoms with E-state index in [9.17, 15) is 0 Å². The Labute approximate surface area is 391 Å². The number of hydrogen-bond acceptors (Lipinski definition) is 4. The fourth-order valence-electron chi connectivity index (χ4n) is 8.77. The molecule has 2 aromatic heterocycles. The van der Waals surface area contributed by atoms with Crippen LogP contribution < -0.4 is 14.5 Å². The molecule has 0 fully saturated rings. The molecule has 5 nitrogen and oxygen atoms in total. The van der Waals surface area contributed by atoms with Gasteiger partial charge in [0.2, 0.25) is 0 Å². The first-order valence-electron chi connectivity index (χ1n) is 22.0. The molecular formula is C57H63N4OPt-3. The van der Waals surface area contributed by atoms with Crippen molar-refractivity contribution in [3.05, 3.63) is 174 Å². The van der Waals surface area contributed by atoms with Gasteiger partial charge in [-0.3, -0.25) is 0 Å². The maximum atomic E-state index is 6.71. The number of aromatic nitrogens is 2. The van der Waals surface area contributed by atoms with Crippen molar-refractivity contribution < 1.29 is 25.8 Å². The minimum absolute atomic E-state index is 0. The Morgan fingerprint density at radius 2 is 1.13 bits per heavy atom. The Morgan fingerprint density at radius 3 is 1.79 bits per heavy atom. The van der Waals surface area contributed by atoms with Crippen LogP contribution in [0.3, 0.4) is 0 Å². The molecule has 6 heteroatoms. The first kappa shape index (κ1) is 45.9. The average molecular weight is 1020 g/mol. The zero-order valence-electron chi connectivity index (χ0n) is 39.6. The average Bonchev–Trinajstić information content (AvgIpc) is 3.79. The summed E-state index contributed by atoms with van der Waals surface area (Å²) in [6, 6.07) is 48.5. The number of benzene rings is 5. The minimum Gasteiger partial charge on any atom is -0.509 e. The molecule has 3 heterocycles. The Morgan fingerprint density at radius 1 is 0.508 bits per heavy atom. The largest absolute Gasteiger partial charge is 0.509 e. The number of pyridine rings is 1. The van der Waals surface area contributed by atoms with Gasteiger partial charge in [-0.2, -0.15) is 12.1 Å². The molecule has 8 rings (SSSR count). The van der Waals surface area contributed by atoms with Crippen molar-refractivity contribution in [3.63, 3.8) is 0 Å². The predicted molar refractivity (Wildman–Crippen MR) is 260 cm³/mol. The fourth-order valence-corrected chi connectivity index (χ4v) is 8.77. The second-order valence-corrected chi connectivity index (χ2v) is 21.7. The first-order chi connectivity index (χ1) is 29.0. The molecule has 1 aliphatic heterocycles. The number of hydrogen-bond donors (Lipinski definition) is 0. The van der Waals surface area contributed by atoms with Gasteiger partial charge in [-0.05, 0) is 68.8 Å². The van der Waals surface area contributed by atoms with Gasteiger partial charge in [0.1, 0.15) is 5.82 Å². The van der Waals surface area contributed by atoms with Crippen LogP contribution in [0, 0.1) is 29.6 Å². The van der Waals surface area contributed by atoms with Crippen LogP contribution in [0.5, 0.6) is 11.5 Å². The number of ether oxygens (including phenoxy) is 1. The van der Waals surface area contributed by atoms with Crippen LogP contribution in [0.1, 0.15) is 119 Å². The fraction of sp³-hybridized carbons (Fsp3) is 0.333. The summed E-state index contributed by atoms with van der Waals surface area (Å²) in [5.41, 5.74) is 11.0. The Hall–Kier alpha value is -5.12. The van der Waals surface area contributed by atoms with E-state index in [1.807, 2.05) is 18.3 Å². The van der Waals surface area contributed by atoms with Crippen molar-refractivity contribution in [3.8, 4) is 17.3 Å². The van der Waals surface area contributed by atoms with Crippen molar-refractivity contribution in [1.29, 1.82) is 0 Å². The summed E-state index contributed by atoms with van der Waals surface area (Å²) >= 11 is 0. The van der Waals surface area contributed by atoms with Gasteiger partial charge in [0, 0.05) is 77.6 Å². The molecule has 0 amide bonds. The summed E-state index contributed by atoms with van der Waals surface area (Å²) in [6.07, 6.45) is 1.91. The monoisotopic (exact) mass is 1010 g/mol. The van der Waals surface area contributed by atoms with Crippen LogP contribution >= 0.6 is 0 Å². The van der Waals surface area contributed by atoms with Gasteiger partial charge in [-0.1, -0.05) is 157 Å². The molecule has 63 heavy (non-hydrogen) atoms. The van der Waals surface area contributed by atoms with Crippen molar-refractivity contribution in [2.75, 3.05) is 9.80 Å². The van der Waals surface area contributed by atoms with Crippen LogP contribution in [-0.4, -0.2) is 9.55 Å². The smallest absolute Gasteiger partial charge is 0.135 e. The third kappa shape index (κ3) is 8.88. The molecule has 7 aromatic rings. The SMILES string of the molecule is CC(C)(C)C1=C(C(C)(C)C)N(c2cc(C(C)(C)C)cc(C(C)(C)c3ccccc3)c2)[CH-]N1c1[c-]c(Oc2[c-]c3c(cc2)c2ccccc2n3-c2cc(C(C)(C)C)ccn2)ccc1.[Pt]. The molecule has 5 aromatic carbocycles. The quantitative estimate of drug-likeness (QED) is 0.149. The molecule has 0 bridgehead atoms. The molecule has 0 atom stereocenters. The summed E-state index contributed by atoms with van der Waals surface area (Å²) in [5, 5.41) is 2.25. The van der Waals surface area contributed by atoms with Gasteiger partial charge >= 0.3 is 0 Å². The number of anilines is 2. The van der Waals surface area contributed by atoms with E-state index >= 15 is 0 Å². The van der Waals surface area contributed by atoms with Gasteiger partial charge in [0.05, 0.1) is 0 Å². The number of fused-ring (bicyclic) bond motifs is 3. The van der Waals surface area contributed by atoms with Crippen LogP contribution in [0.4, 0.5) is 11.4 Å².